The number of nitrogens with one attached hydrogen (secondary N) is 1. The van der Waals surface area contributed by atoms with Crippen LogP contribution in [0.1, 0.15) is 10.4 Å². The molecule has 0 unspecified atom stereocenters. The van der Waals surface area contributed by atoms with Crippen LogP contribution in [-0.4, -0.2) is 28.8 Å². The molecule has 6 nitrogen and oxygen atoms in total. The Kier molecular flexibility index (Phi) is 4.65. The van der Waals surface area contributed by atoms with E-state index in [1.54, 1.807) is 0 Å². The van der Waals surface area contributed by atoms with Crippen molar-refractivity contribution in [1.29, 1.82) is 0 Å². The second-order valence-corrected chi connectivity index (χ2v) is 3.72. The van der Waals surface area contributed by atoms with E-state index in [1.165, 1.54) is 18.5 Å². The Balaban J connectivity index is 2.91. The van der Waals surface area contributed by atoms with Crippen LogP contribution in [-0.2, 0) is 4.74 Å². The van der Waals surface area contributed by atoms with Crippen molar-refractivity contribution in [2.45, 2.75) is 0 Å². The van der Waals surface area contributed by atoms with E-state index in [1.807, 2.05) is 0 Å². The van der Waals surface area contributed by atoms with Gasteiger partial charge in [0.15, 0.2) is 0 Å². The molecule has 1 heterocycles. The molecule has 1 amide bonds. The number of hydrogen-bond acceptors (Lipinski definition) is 4. The number of hydrogen-bond donors (Lipinski definition) is 2. The largest absolute Gasteiger partial charge is 0.478 e. The first kappa shape index (κ1) is 13.2. The van der Waals surface area contributed by atoms with Gasteiger partial charge in [-0.2, -0.15) is 0 Å². The second-order valence-electron chi connectivity index (χ2n) is 2.86. The highest BCUT2D eigenvalue weighted by Crippen LogP contribution is 2.23. The van der Waals surface area contributed by atoms with Crippen molar-refractivity contribution in [3.05, 3.63) is 35.1 Å². The molecule has 90 valence electrons. The van der Waals surface area contributed by atoms with Crippen molar-refractivity contribution in [3.63, 3.8) is 0 Å². The lowest BCUT2D eigenvalue weighted by atomic mass is 10.2. The van der Waals surface area contributed by atoms with E-state index in [2.05, 4.69) is 37.5 Å². The van der Waals surface area contributed by atoms with Gasteiger partial charge in [-0.3, -0.25) is 10.3 Å². The first-order valence-electron chi connectivity index (χ1n) is 4.47. The zero-order chi connectivity index (χ0) is 12.8. The number of carboxylic acid groups (broad SMARTS) is 1. The third kappa shape index (κ3) is 3.56. The minimum Gasteiger partial charge on any atom is -0.478 e. The highest BCUT2D eigenvalue weighted by molar-refractivity contribution is 9.10. The summed E-state index contributed by atoms with van der Waals surface area (Å²) in [6.45, 7) is 3.42. The van der Waals surface area contributed by atoms with Crippen LogP contribution < -0.4 is 5.32 Å². The van der Waals surface area contributed by atoms with E-state index in [-0.39, 0.29) is 22.3 Å². The van der Waals surface area contributed by atoms with Gasteiger partial charge in [-0.25, -0.2) is 9.59 Å². The van der Waals surface area contributed by atoms with Gasteiger partial charge in [0.1, 0.15) is 12.2 Å². The van der Waals surface area contributed by atoms with Gasteiger partial charge in [0.25, 0.3) is 0 Å². The molecular weight excluding hydrogens is 292 g/mol. The lowest BCUT2D eigenvalue weighted by Crippen LogP contribution is -2.16. The first-order valence-corrected chi connectivity index (χ1v) is 5.27. The molecule has 0 radical (unpaired) electrons. The van der Waals surface area contributed by atoms with Gasteiger partial charge >= 0.3 is 12.1 Å². The van der Waals surface area contributed by atoms with Crippen LogP contribution in [0.25, 0.3) is 0 Å². The second kappa shape index (κ2) is 6.00. The van der Waals surface area contributed by atoms with E-state index in [4.69, 9.17) is 5.11 Å². The van der Waals surface area contributed by atoms with Gasteiger partial charge in [0.05, 0.1) is 16.4 Å². The molecule has 0 spiro atoms. The fourth-order valence-electron chi connectivity index (χ4n) is 1.03. The number of rotatable bonds is 4. The monoisotopic (exact) mass is 300 g/mol. The number of halogens is 1. The molecule has 0 bridgehead atoms. The van der Waals surface area contributed by atoms with Crippen molar-refractivity contribution in [2.75, 3.05) is 11.9 Å². The summed E-state index contributed by atoms with van der Waals surface area (Å²) in [5.74, 6) is -1.18. The summed E-state index contributed by atoms with van der Waals surface area (Å²) in [5.41, 5.74) is -0.0310. The van der Waals surface area contributed by atoms with E-state index in [0.29, 0.717) is 0 Å². The van der Waals surface area contributed by atoms with Gasteiger partial charge in [-0.1, -0.05) is 12.7 Å². The summed E-state index contributed by atoms with van der Waals surface area (Å²) in [6, 6.07) is 0. The minimum atomic E-state index is -1.18. The SMILES string of the molecule is C=CCOC(=O)Nc1cncc(Br)c1C(=O)O. The van der Waals surface area contributed by atoms with Crippen molar-refractivity contribution in [1.82, 2.24) is 4.98 Å². The predicted molar refractivity (Wildman–Crippen MR) is 64.1 cm³/mol. The fourth-order valence-corrected chi connectivity index (χ4v) is 1.53. The molecule has 0 aliphatic heterocycles. The molecule has 2 N–H and O–H groups in total. The molecule has 0 saturated carbocycles. The highest BCUT2D eigenvalue weighted by Gasteiger charge is 2.16. The molecule has 7 heteroatoms. The molecule has 1 aromatic heterocycles. The van der Waals surface area contributed by atoms with Crippen LogP contribution in [0.3, 0.4) is 0 Å². The molecule has 17 heavy (non-hydrogen) atoms. The zero-order valence-corrected chi connectivity index (χ0v) is 10.2. The number of carbonyl (C=O) groups excluding carboxylic acids is 1. The Hall–Kier alpha value is -1.89. The number of aromatic nitrogens is 1. The zero-order valence-electron chi connectivity index (χ0n) is 8.64. The van der Waals surface area contributed by atoms with Crippen molar-refractivity contribution < 1.29 is 19.4 Å². The summed E-state index contributed by atoms with van der Waals surface area (Å²) in [5, 5.41) is 11.3. The molecule has 0 fully saturated rings. The Bertz CT molecular complexity index is 462. The molecule has 0 aromatic carbocycles. The quantitative estimate of drug-likeness (QED) is 0.833. The fraction of sp³-hybridized carbons (Fsp3) is 0.100. The highest BCUT2D eigenvalue weighted by atomic mass is 79.9. The van der Waals surface area contributed by atoms with Crippen LogP contribution in [0.4, 0.5) is 10.5 Å². The lowest BCUT2D eigenvalue weighted by molar-refractivity contribution is 0.0697. The standard InChI is InChI=1S/C10H9BrN2O4/c1-2-3-17-10(16)13-7-5-12-4-6(11)8(7)9(14)15/h2,4-5H,1,3H2,(H,13,16)(H,14,15). The van der Waals surface area contributed by atoms with Gasteiger partial charge in [-0.15, -0.1) is 0 Å². The van der Waals surface area contributed by atoms with Crippen molar-refractivity contribution in [3.8, 4) is 0 Å². The minimum absolute atomic E-state index is 0.0374. The van der Waals surface area contributed by atoms with Crippen LogP contribution in [0.2, 0.25) is 0 Å². The maximum Gasteiger partial charge on any atom is 0.412 e. The topological polar surface area (TPSA) is 88.5 Å². The number of carboxylic acids is 1. The number of carbonyl (C=O) groups is 2. The number of amides is 1. The maximum atomic E-state index is 11.2. The summed E-state index contributed by atoms with van der Waals surface area (Å²) >= 11 is 3.04. The van der Waals surface area contributed by atoms with Crippen molar-refractivity contribution >= 4 is 33.7 Å². The average molecular weight is 301 g/mol. The smallest absolute Gasteiger partial charge is 0.412 e. The Labute approximate surface area is 105 Å². The average Bonchev–Trinajstić information content (AvgIpc) is 2.25. The van der Waals surface area contributed by atoms with Gasteiger partial charge < -0.3 is 9.84 Å². The van der Waals surface area contributed by atoms with Gasteiger partial charge in [-0.05, 0) is 15.9 Å². The summed E-state index contributed by atoms with van der Waals surface area (Å²) in [6.07, 6.45) is 3.18. The number of pyridine rings is 1. The predicted octanol–water partition coefficient (Wildman–Crippen LogP) is 2.28. The number of anilines is 1. The first-order chi connectivity index (χ1) is 8.06. The molecule has 0 aliphatic rings. The van der Waals surface area contributed by atoms with Gasteiger partial charge in [0, 0.05) is 6.20 Å². The molecule has 0 saturated heterocycles. The van der Waals surface area contributed by atoms with Gasteiger partial charge in [0.2, 0.25) is 0 Å². The molecule has 0 atom stereocenters. The normalized spacial score (nSPS) is 9.47. The summed E-state index contributed by atoms with van der Waals surface area (Å²) in [4.78, 5) is 26.0. The third-order valence-electron chi connectivity index (χ3n) is 1.68. The molecule has 0 aliphatic carbocycles. The van der Waals surface area contributed by atoms with E-state index in [9.17, 15) is 9.59 Å². The Morgan fingerprint density at radius 2 is 2.29 bits per heavy atom. The van der Waals surface area contributed by atoms with Crippen LogP contribution in [0.15, 0.2) is 29.5 Å². The van der Waals surface area contributed by atoms with Crippen molar-refractivity contribution in [2.24, 2.45) is 0 Å². The number of ether oxygens (including phenoxy) is 1. The molecule has 1 rings (SSSR count). The molecular formula is C10H9BrN2O4. The maximum absolute atomic E-state index is 11.2. The van der Waals surface area contributed by atoms with Crippen LogP contribution >= 0.6 is 15.9 Å². The third-order valence-corrected chi connectivity index (χ3v) is 2.28. The van der Waals surface area contributed by atoms with Crippen LogP contribution in [0, 0.1) is 0 Å². The lowest BCUT2D eigenvalue weighted by Gasteiger charge is -2.08. The summed E-state index contributed by atoms with van der Waals surface area (Å²) in [7, 11) is 0. The van der Waals surface area contributed by atoms with Crippen LogP contribution in [0.5, 0.6) is 0 Å². The number of aromatic carboxylic acids is 1. The number of nitrogens with zero attached hydrogens (tertiary/aromatic N) is 1. The van der Waals surface area contributed by atoms with E-state index >= 15 is 0 Å². The molecule has 1 aromatic rings. The Morgan fingerprint density at radius 1 is 1.59 bits per heavy atom. The summed E-state index contributed by atoms with van der Waals surface area (Å²) < 4.78 is 4.94. The van der Waals surface area contributed by atoms with E-state index in [0.717, 1.165) is 0 Å². The Morgan fingerprint density at radius 3 is 2.88 bits per heavy atom. The van der Waals surface area contributed by atoms with E-state index < -0.39 is 12.1 Å².